The van der Waals surface area contributed by atoms with Crippen LogP contribution in [0.2, 0.25) is 0 Å². The van der Waals surface area contributed by atoms with E-state index in [4.69, 9.17) is 37.0 Å². The molecule has 6 atom stereocenters. The summed E-state index contributed by atoms with van der Waals surface area (Å²) < 4.78 is 68.3. The third-order valence-corrected chi connectivity index (χ3v) is 18.6. The van der Waals surface area contributed by atoms with Gasteiger partial charge in [-0.1, -0.05) is 299 Å². The van der Waals surface area contributed by atoms with Crippen LogP contribution in [-0.4, -0.2) is 96.7 Å². The van der Waals surface area contributed by atoms with E-state index in [1.807, 2.05) is 0 Å². The molecule has 0 aliphatic rings. The van der Waals surface area contributed by atoms with Crippen LogP contribution in [0.15, 0.2) is 0 Å². The summed E-state index contributed by atoms with van der Waals surface area (Å²) in [5, 5.41) is 10.6. The fraction of sp³-hybridized carbons (Fsp3) is 0.944. The van der Waals surface area contributed by atoms with E-state index in [0.717, 1.165) is 114 Å². The van der Waals surface area contributed by atoms with E-state index in [9.17, 15) is 43.2 Å². The summed E-state index contributed by atoms with van der Waals surface area (Å²) >= 11 is 0. The van der Waals surface area contributed by atoms with Crippen molar-refractivity contribution in [3.8, 4) is 0 Å². The average molecular weight is 1330 g/mol. The van der Waals surface area contributed by atoms with E-state index in [1.54, 1.807) is 0 Å². The number of rotatable bonds is 68. The van der Waals surface area contributed by atoms with Gasteiger partial charge in [-0.25, -0.2) is 9.13 Å². The predicted octanol–water partition coefficient (Wildman–Crippen LogP) is 20.1. The van der Waals surface area contributed by atoms with Gasteiger partial charge in [-0.2, -0.15) is 0 Å². The van der Waals surface area contributed by atoms with Crippen LogP contribution in [-0.2, 0) is 65.4 Å². The summed E-state index contributed by atoms with van der Waals surface area (Å²) in [6.45, 7) is 14.0. The smallest absolute Gasteiger partial charge is 0.462 e. The van der Waals surface area contributed by atoms with Crippen LogP contribution in [0.4, 0.5) is 0 Å². The summed E-state index contributed by atoms with van der Waals surface area (Å²) in [6, 6.07) is 0. The second kappa shape index (κ2) is 60.7. The summed E-state index contributed by atoms with van der Waals surface area (Å²) in [4.78, 5) is 72.5. The average Bonchev–Trinajstić information content (AvgIpc) is 3.71. The zero-order valence-corrected chi connectivity index (χ0v) is 60.6. The van der Waals surface area contributed by atoms with Gasteiger partial charge in [-0.05, 0) is 49.4 Å². The van der Waals surface area contributed by atoms with Crippen molar-refractivity contribution in [3.63, 3.8) is 0 Å². The lowest BCUT2D eigenvalue weighted by atomic mass is 10.00. The molecule has 17 nitrogen and oxygen atoms in total. The zero-order chi connectivity index (χ0) is 66.8. The molecule has 3 N–H and O–H groups in total. The highest BCUT2D eigenvalue weighted by Crippen LogP contribution is 2.45. The standard InChI is InChI=1S/C71H138O17P2/c1-9-64(8)50-42-34-28-30-36-44-52-69(74)82-58-67(88-71(76)54-46-38-29-27-33-41-49-63(6)7)60-86-90(79,80)84-56-65(72)55-83-89(77,78)85-59-66(87-70(75)53-45-37-26-22-18-14-16-20-24-32-40-48-62(4)5)57-81-68(73)51-43-35-25-21-17-13-11-10-12-15-19-23-31-39-47-61(2)3/h61-67,72H,9-60H2,1-8H3,(H,77,78)(H,79,80)/t64?,65-,66-,67-/m1/s1. The van der Waals surface area contributed by atoms with Crippen molar-refractivity contribution in [2.24, 2.45) is 23.7 Å². The molecular formula is C71H138O17P2. The van der Waals surface area contributed by atoms with E-state index in [2.05, 4.69) is 55.4 Å². The van der Waals surface area contributed by atoms with Crippen LogP contribution in [0, 0.1) is 23.7 Å². The van der Waals surface area contributed by atoms with Crippen LogP contribution in [0.1, 0.15) is 351 Å². The van der Waals surface area contributed by atoms with E-state index in [0.29, 0.717) is 31.6 Å². The Balaban J connectivity index is 5.22. The molecule has 0 spiro atoms. The molecule has 3 unspecified atom stereocenters. The van der Waals surface area contributed by atoms with Gasteiger partial charge in [0.1, 0.15) is 19.3 Å². The van der Waals surface area contributed by atoms with E-state index < -0.39 is 97.5 Å². The predicted molar refractivity (Wildman–Crippen MR) is 363 cm³/mol. The van der Waals surface area contributed by atoms with E-state index in [1.165, 1.54) is 148 Å². The number of carbonyl (C=O) groups excluding carboxylic acids is 4. The Hall–Kier alpha value is -1.94. The number of aliphatic hydroxyl groups is 1. The normalized spacial score (nSPS) is 14.6. The van der Waals surface area contributed by atoms with Gasteiger partial charge >= 0.3 is 39.5 Å². The Kier molecular flexibility index (Phi) is 59.4. The Morgan fingerprint density at radius 1 is 0.311 bits per heavy atom. The van der Waals surface area contributed by atoms with Crippen LogP contribution < -0.4 is 0 Å². The molecule has 0 bridgehead atoms. The third-order valence-electron chi connectivity index (χ3n) is 16.7. The lowest BCUT2D eigenvalue weighted by molar-refractivity contribution is -0.161. The highest BCUT2D eigenvalue weighted by molar-refractivity contribution is 7.47. The number of phosphoric ester groups is 2. The lowest BCUT2D eigenvalue weighted by Crippen LogP contribution is -2.30. The molecule has 0 aromatic carbocycles. The highest BCUT2D eigenvalue weighted by atomic mass is 31.2. The second-order valence-corrected chi connectivity index (χ2v) is 30.2. The van der Waals surface area contributed by atoms with Crippen molar-refractivity contribution >= 4 is 39.5 Å². The third kappa shape index (κ3) is 63.5. The van der Waals surface area contributed by atoms with Gasteiger partial charge in [-0.3, -0.25) is 37.3 Å². The van der Waals surface area contributed by atoms with Crippen LogP contribution in [0.25, 0.3) is 0 Å². The monoisotopic (exact) mass is 1320 g/mol. The van der Waals surface area contributed by atoms with E-state index in [-0.39, 0.29) is 25.7 Å². The first kappa shape index (κ1) is 88.1. The fourth-order valence-corrected chi connectivity index (χ4v) is 12.2. The number of hydrogen-bond donors (Lipinski definition) is 3. The number of carbonyl (C=O) groups is 4. The number of esters is 4. The summed E-state index contributed by atoms with van der Waals surface area (Å²) in [5.41, 5.74) is 0. The first-order valence-electron chi connectivity index (χ1n) is 36.7. The molecule has 0 aromatic heterocycles. The van der Waals surface area contributed by atoms with Crippen molar-refractivity contribution in [2.45, 2.75) is 369 Å². The molecule has 0 amide bonds. The molecule has 534 valence electrons. The van der Waals surface area contributed by atoms with Crippen molar-refractivity contribution < 1.29 is 80.2 Å². The molecule has 0 saturated heterocycles. The van der Waals surface area contributed by atoms with Crippen LogP contribution in [0.5, 0.6) is 0 Å². The highest BCUT2D eigenvalue weighted by Gasteiger charge is 2.30. The van der Waals surface area contributed by atoms with Gasteiger partial charge < -0.3 is 33.8 Å². The quantitative estimate of drug-likeness (QED) is 0.0222. The minimum atomic E-state index is -4.95. The molecule has 0 rings (SSSR count). The minimum absolute atomic E-state index is 0.101. The van der Waals surface area contributed by atoms with Gasteiger partial charge in [0, 0.05) is 25.7 Å². The van der Waals surface area contributed by atoms with Gasteiger partial charge in [0.25, 0.3) is 0 Å². The molecule has 0 aromatic rings. The molecule has 0 heterocycles. The SMILES string of the molecule is CCC(C)CCCCCCCCC(=O)OC[C@H](COP(=O)(O)OC[C@H](O)COP(=O)(O)OC[C@@H](COC(=O)CCCCCCCCCCCCCCCCC(C)C)OC(=O)CCCCCCCCCCCCCC(C)C)OC(=O)CCCCCCCCC(C)C. The molecule has 0 aliphatic heterocycles. The van der Waals surface area contributed by atoms with Crippen molar-refractivity contribution in [2.75, 3.05) is 39.6 Å². The molecule has 0 aliphatic carbocycles. The molecule has 90 heavy (non-hydrogen) atoms. The number of unbranched alkanes of at least 4 members (excludes halogenated alkanes) is 33. The number of ether oxygens (including phenoxy) is 4. The fourth-order valence-electron chi connectivity index (χ4n) is 10.6. The summed E-state index contributed by atoms with van der Waals surface area (Å²) in [7, 11) is -9.90. The molecule has 0 radical (unpaired) electrons. The van der Waals surface area contributed by atoms with Gasteiger partial charge in [0.05, 0.1) is 26.4 Å². The Morgan fingerprint density at radius 3 is 0.789 bits per heavy atom. The second-order valence-electron chi connectivity index (χ2n) is 27.3. The maximum atomic E-state index is 13.0. The first-order valence-corrected chi connectivity index (χ1v) is 39.7. The van der Waals surface area contributed by atoms with Gasteiger partial charge in [-0.15, -0.1) is 0 Å². The van der Waals surface area contributed by atoms with Crippen molar-refractivity contribution in [1.29, 1.82) is 0 Å². The largest absolute Gasteiger partial charge is 0.472 e. The molecule has 0 saturated carbocycles. The summed E-state index contributed by atoms with van der Waals surface area (Å²) in [5.74, 6) is 0.832. The Bertz CT molecular complexity index is 1780. The molecule has 19 heteroatoms. The van der Waals surface area contributed by atoms with Crippen molar-refractivity contribution in [3.05, 3.63) is 0 Å². The molecular weight excluding hydrogens is 1190 g/mol. The maximum Gasteiger partial charge on any atom is 0.472 e. The van der Waals surface area contributed by atoms with Crippen molar-refractivity contribution in [1.82, 2.24) is 0 Å². The first-order chi connectivity index (χ1) is 43.1. The Morgan fingerprint density at radius 2 is 0.533 bits per heavy atom. The lowest BCUT2D eigenvalue weighted by Gasteiger charge is -2.21. The number of phosphoric acid groups is 2. The van der Waals surface area contributed by atoms with Gasteiger partial charge in [0.2, 0.25) is 0 Å². The van der Waals surface area contributed by atoms with Gasteiger partial charge in [0.15, 0.2) is 12.2 Å². The Labute approximate surface area is 549 Å². The number of hydrogen-bond acceptors (Lipinski definition) is 15. The summed E-state index contributed by atoms with van der Waals surface area (Å²) in [6.07, 6.45) is 43.3. The minimum Gasteiger partial charge on any atom is -0.462 e. The molecule has 0 fully saturated rings. The topological polar surface area (TPSA) is 237 Å². The zero-order valence-electron chi connectivity index (χ0n) is 58.8. The van der Waals surface area contributed by atoms with E-state index >= 15 is 0 Å². The van der Waals surface area contributed by atoms with Crippen LogP contribution >= 0.6 is 15.6 Å². The van der Waals surface area contributed by atoms with Crippen LogP contribution in [0.3, 0.4) is 0 Å². The maximum absolute atomic E-state index is 13.0. The number of aliphatic hydroxyl groups excluding tert-OH is 1.